The van der Waals surface area contributed by atoms with Crippen molar-refractivity contribution in [2.75, 3.05) is 19.8 Å². The van der Waals surface area contributed by atoms with E-state index in [-0.39, 0.29) is 19.1 Å². The number of rotatable bonds is 8. The van der Waals surface area contributed by atoms with Crippen LogP contribution in [0.5, 0.6) is 11.6 Å². The summed E-state index contributed by atoms with van der Waals surface area (Å²) in [6, 6.07) is 19.1. The number of carbonyl (C=O) groups is 1. The van der Waals surface area contributed by atoms with Gasteiger partial charge in [-0.2, -0.15) is 4.52 Å². The third kappa shape index (κ3) is 4.80. The van der Waals surface area contributed by atoms with Gasteiger partial charge in [-0.25, -0.2) is 0 Å². The first-order chi connectivity index (χ1) is 15.1. The average Bonchev–Trinajstić information content (AvgIpc) is 3.20. The molecule has 0 unspecified atom stereocenters. The van der Waals surface area contributed by atoms with Gasteiger partial charge in [-0.05, 0) is 31.0 Å². The van der Waals surface area contributed by atoms with Crippen LogP contribution >= 0.6 is 0 Å². The van der Waals surface area contributed by atoms with Gasteiger partial charge in [-0.15, -0.1) is 15.3 Å². The highest BCUT2D eigenvalue weighted by atomic mass is 16.5. The molecule has 8 nitrogen and oxygen atoms in total. The molecular formula is C23H23N5O3. The Bertz CT molecular complexity index is 1170. The van der Waals surface area contributed by atoms with Crippen molar-refractivity contribution in [3.63, 3.8) is 0 Å². The zero-order chi connectivity index (χ0) is 21.6. The number of ether oxygens (including phenoxy) is 2. The molecule has 1 amide bonds. The molecule has 4 rings (SSSR count). The van der Waals surface area contributed by atoms with E-state index in [1.165, 1.54) is 0 Å². The lowest BCUT2D eigenvalue weighted by Gasteiger charge is -2.12. The first-order valence-electron chi connectivity index (χ1n) is 9.98. The van der Waals surface area contributed by atoms with E-state index in [1.54, 1.807) is 16.6 Å². The van der Waals surface area contributed by atoms with Crippen molar-refractivity contribution in [1.82, 2.24) is 25.1 Å². The minimum atomic E-state index is -0.208. The zero-order valence-electron chi connectivity index (χ0n) is 17.4. The van der Waals surface area contributed by atoms with Gasteiger partial charge < -0.3 is 14.8 Å². The number of aromatic nitrogens is 4. The summed E-state index contributed by atoms with van der Waals surface area (Å²) < 4.78 is 13.0. The Hall–Kier alpha value is -3.94. The predicted octanol–water partition coefficient (Wildman–Crippen LogP) is 2.98. The van der Waals surface area contributed by atoms with Crippen molar-refractivity contribution < 1.29 is 14.3 Å². The molecule has 0 spiro atoms. The second-order valence-electron chi connectivity index (χ2n) is 7.04. The maximum Gasteiger partial charge on any atom is 0.258 e. The van der Waals surface area contributed by atoms with E-state index < -0.39 is 0 Å². The van der Waals surface area contributed by atoms with E-state index in [2.05, 4.69) is 20.6 Å². The molecule has 8 heteroatoms. The average molecular weight is 417 g/mol. The molecule has 0 atom stereocenters. The van der Waals surface area contributed by atoms with Crippen LogP contribution in [0.4, 0.5) is 0 Å². The quantitative estimate of drug-likeness (QED) is 0.443. The number of hydrogen-bond acceptors (Lipinski definition) is 6. The SMILES string of the molecule is Cc1cccc(C)c1OCC(=O)NCCOc1ccc2nnc(-c3ccccc3)n2n1. The summed E-state index contributed by atoms with van der Waals surface area (Å²) in [6.45, 7) is 4.48. The molecule has 0 aliphatic heterocycles. The van der Waals surface area contributed by atoms with Crippen molar-refractivity contribution in [3.8, 4) is 23.0 Å². The van der Waals surface area contributed by atoms with Crippen LogP contribution in [0.15, 0.2) is 60.7 Å². The normalized spacial score (nSPS) is 10.8. The van der Waals surface area contributed by atoms with Crippen LogP contribution in [0.25, 0.3) is 17.0 Å². The van der Waals surface area contributed by atoms with Gasteiger partial charge in [0.25, 0.3) is 5.91 Å². The molecule has 4 aromatic rings. The summed E-state index contributed by atoms with van der Waals surface area (Å²) in [5.41, 5.74) is 3.54. The third-order valence-electron chi connectivity index (χ3n) is 4.70. The molecule has 0 fully saturated rings. The van der Waals surface area contributed by atoms with Gasteiger partial charge >= 0.3 is 0 Å². The lowest BCUT2D eigenvalue weighted by molar-refractivity contribution is -0.123. The summed E-state index contributed by atoms with van der Waals surface area (Å²) in [4.78, 5) is 12.1. The number of nitrogens with one attached hydrogen (secondary N) is 1. The molecule has 0 bridgehead atoms. The highest BCUT2D eigenvalue weighted by Gasteiger charge is 2.10. The van der Waals surface area contributed by atoms with E-state index in [0.717, 1.165) is 22.4 Å². The maximum atomic E-state index is 12.1. The maximum absolute atomic E-state index is 12.1. The Labute approximate surface area is 179 Å². The van der Waals surface area contributed by atoms with E-state index in [1.807, 2.05) is 62.4 Å². The zero-order valence-corrected chi connectivity index (χ0v) is 17.4. The Balaban J connectivity index is 1.29. The van der Waals surface area contributed by atoms with Gasteiger partial charge in [-0.3, -0.25) is 4.79 Å². The largest absolute Gasteiger partial charge is 0.483 e. The molecule has 1 N–H and O–H groups in total. The number of aryl methyl sites for hydroxylation is 2. The van der Waals surface area contributed by atoms with Crippen LogP contribution in [0.2, 0.25) is 0 Å². The third-order valence-corrected chi connectivity index (χ3v) is 4.70. The standard InChI is InChI=1S/C23H23N5O3/c1-16-7-6-8-17(2)22(16)31-15-20(29)24-13-14-30-21-12-11-19-25-26-23(28(19)27-21)18-9-4-3-5-10-18/h3-12H,13-15H2,1-2H3,(H,24,29). The van der Waals surface area contributed by atoms with Crippen molar-refractivity contribution in [1.29, 1.82) is 0 Å². The molecule has 0 saturated carbocycles. The van der Waals surface area contributed by atoms with Crippen LogP contribution in [-0.4, -0.2) is 45.5 Å². The van der Waals surface area contributed by atoms with Crippen molar-refractivity contribution >= 4 is 11.6 Å². The Morgan fingerprint density at radius 3 is 2.48 bits per heavy atom. The monoisotopic (exact) mass is 417 g/mol. The molecule has 0 saturated heterocycles. The van der Waals surface area contributed by atoms with Gasteiger partial charge in [0, 0.05) is 11.6 Å². The highest BCUT2D eigenvalue weighted by molar-refractivity contribution is 5.77. The lowest BCUT2D eigenvalue weighted by atomic mass is 10.1. The second kappa shape index (κ2) is 9.25. The van der Waals surface area contributed by atoms with Crippen LogP contribution in [0.3, 0.4) is 0 Å². The van der Waals surface area contributed by atoms with Gasteiger partial charge in [0.15, 0.2) is 18.1 Å². The van der Waals surface area contributed by atoms with E-state index in [0.29, 0.717) is 23.9 Å². The smallest absolute Gasteiger partial charge is 0.258 e. The molecule has 2 aromatic heterocycles. The fraction of sp³-hybridized carbons (Fsp3) is 0.217. The number of carbonyl (C=O) groups excluding carboxylic acids is 1. The highest BCUT2D eigenvalue weighted by Crippen LogP contribution is 2.22. The van der Waals surface area contributed by atoms with Crippen LogP contribution in [0, 0.1) is 13.8 Å². The predicted molar refractivity (Wildman–Crippen MR) is 116 cm³/mol. The Morgan fingerprint density at radius 2 is 1.71 bits per heavy atom. The lowest BCUT2D eigenvalue weighted by Crippen LogP contribution is -2.32. The summed E-state index contributed by atoms with van der Waals surface area (Å²) in [6.07, 6.45) is 0. The topological polar surface area (TPSA) is 90.6 Å². The molecule has 0 radical (unpaired) electrons. The van der Waals surface area contributed by atoms with E-state index >= 15 is 0 Å². The fourth-order valence-corrected chi connectivity index (χ4v) is 3.18. The summed E-state index contributed by atoms with van der Waals surface area (Å²) in [7, 11) is 0. The van der Waals surface area contributed by atoms with Crippen molar-refractivity contribution in [3.05, 3.63) is 71.8 Å². The molecular weight excluding hydrogens is 394 g/mol. The number of amides is 1. The van der Waals surface area contributed by atoms with Gasteiger partial charge in [-0.1, -0.05) is 48.5 Å². The molecule has 158 valence electrons. The number of benzene rings is 2. The summed E-state index contributed by atoms with van der Waals surface area (Å²) in [5.74, 6) is 1.60. The summed E-state index contributed by atoms with van der Waals surface area (Å²) in [5, 5.41) is 15.6. The van der Waals surface area contributed by atoms with Gasteiger partial charge in [0.05, 0.1) is 6.54 Å². The van der Waals surface area contributed by atoms with Crippen LogP contribution < -0.4 is 14.8 Å². The fourth-order valence-electron chi connectivity index (χ4n) is 3.18. The first-order valence-corrected chi connectivity index (χ1v) is 9.98. The van der Waals surface area contributed by atoms with Crippen molar-refractivity contribution in [2.45, 2.75) is 13.8 Å². The number of nitrogens with zero attached hydrogens (tertiary/aromatic N) is 4. The molecule has 31 heavy (non-hydrogen) atoms. The van der Waals surface area contributed by atoms with Gasteiger partial charge in [0.2, 0.25) is 5.88 Å². The number of fused-ring (bicyclic) bond motifs is 1. The molecule has 0 aliphatic rings. The minimum absolute atomic E-state index is 0.0446. The van der Waals surface area contributed by atoms with Crippen molar-refractivity contribution in [2.24, 2.45) is 0 Å². The first kappa shape index (κ1) is 20.3. The minimum Gasteiger partial charge on any atom is -0.483 e. The Kier molecular flexibility index (Phi) is 6.07. The van der Waals surface area contributed by atoms with Crippen LogP contribution in [-0.2, 0) is 4.79 Å². The molecule has 2 aromatic carbocycles. The summed E-state index contributed by atoms with van der Waals surface area (Å²) >= 11 is 0. The molecule has 2 heterocycles. The Morgan fingerprint density at radius 1 is 0.935 bits per heavy atom. The van der Waals surface area contributed by atoms with E-state index in [9.17, 15) is 4.79 Å². The second-order valence-corrected chi connectivity index (χ2v) is 7.04. The van der Waals surface area contributed by atoms with Gasteiger partial charge in [0.1, 0.15) is 12.4 Å². The molecule has 0 aliphatic carbocycles. The number of hydrogen-bond donors (Lipinski definition) is 1. The van der Waals surface area contributed by atoms with Crippen LogP contribution in [0.1, 0.15) is 11.1 Å². The number of para-hydroxylation sites is 1. The van der Waals surface area contributed by atoms with E-state index in [4.69, 9.17) is 9.47 Å².